The zero-order valence-electron chi connectivity index (χ0n) is 14.5. The maximum atomic E-state index is 12.5. The number of carbonyl (C=O) groups is 2. The molecule has 1 saturated heterocycles. The molecule has 1 aliphatic carbocycles. The summed E-state index contributed by atoms with van der Waals surface area (Å²) in [6.07, 6.45) is 1.98. The molecule has 0 radical (unpaired) electrons. The lowest BCUT2D eigenvalue weighted by atomic mass is 10.2. The minimum Gasteiger partial charge on any atom is -0.340 e. The van der Waals surface area contributed by atoms with Crippen LogP contribution in [-0.4, -0.2) is 58.8 Å². The Morgan fingerprint density at radius 3 is 2.50 bits per heavy atom. The van der Waals surface area contributed by atoms with Crippen molar-refractivity contribution in [3.63, 3.8) is 0 Å². The molecule has 0 spiro atoms. The summed E-state index contributed by atoms with van der Waals surface area (Å²) in [4.78, 5) is 38.8. The van der Waals surface area contributed by atoms with Gasteiger partial charge in [0.15, 0.2) is 0 Å². The lowest BCUT2D eigenvalue weighted by molar-refractivity contribution is -0.384. The summed E-state index contributed by atoms with van der Waals surface area (Å²) in [6, 6.07) is 3.50. The van der Waals surface area contributed by atoms with E-state index in [0.717, 1.165) is 12.8 Å². The van der Waals surface area contributed by atoms with Gasteiger partial charge in [0, 0.05) is 44.2 Å². The van der Waals surface area contributed by atoms with Gasteiger partial charge < -0.3 is 10.2 Å². The second-order valence-electron chi connectivity index (χ2n) is 6.72. The van der Waals surface area contributed by atoms with Crippen molar-refractivity contribution in [3.8, 4) is 0 Å². The predicted octanol–water partition coefficient (Wildman–Crippen LogP) is 2.13. The minimum atomic E-state index is -0.536. The van der Waals surface area contributed by atoms with Gasteiger partial charge in [-0.3, -0.25) is 24.6 Å². The molecule has 1 aliphatic heterocycles. The van der Waals surface area contributed by atoms with E-state index in [1.165, 1.54) is 18.2 Å². The van der Waals surface area contributed by atoms with Crippen molar-refractivity contribution in [1.82, 2.24) is 9.80 Å². The van der Waals surface area contributed by atoms with E-state index in [1.807, 2.05) is 9.80 Å². The summed E-state index contributed by atoms with van der Waals surface area (Å²) in [5.41, 5.74) is 0.0878. The Bertz CT molecular complexity index is 729. The van der Waals surface area contributed by atoms with Crippen LogP contribution >= 0.6 is 11.6 Å². The summed E-state index contributed by atoms with van der Waals surface area (Å²) in [7, 11) is 0. The molecule has 1 aromatic rings. The average molecular weight is 381 g/mol. The van der Waals surface area contributed by atoms with Crippen molar-refractivity contribution in [1.29, 1.82) is 0 Å². The summed E-state index contributed by atoms with van der Waals surface area (Å²) < 4.78 is 0. The molecule has 140 valence electrons. The van der Waals surface area contributed by atoms with Crippen LogP contribution in [-0.2, 0) is 9.59 Å². The number of benzene rings is 1. The van der Waals surface area contributed by atoms with Crippen molar-refractivity contribution < 1.29 is 14.5 Å². The quantitative estimate of drug-likeness (QED) is 0.623. The van der Waals surface area contributed by atoms with E-state index in [1.54, 1.807) is 6.92 Å². The summed E-state index contributed by atoms with van der Waals surface area (Å²) in [6.45, 7) is 4.25. The number of piperazine rings is 1. The second kappa shape index (κ2) is 7.59. The first-order chi connectivity index (χ1) is 12.4. The highest BCUT2D eigenvalue weighted by atomic mass is 35.5. The van der Waals surface area contributed by atoms with E-state index in [2.05, 4.69) is 5.32 Å². The number of hydrogen-bond donors (Lipinski definition) is 1. The monoisotopic (exact) mass is 380 g/mol. The van der Waals surface area contributed by atoms with Crippen LogP contribution in [0.5, 0.6) is 0 Å². The molecule has 1 heterocycles. The van der Waals surface area contributed by atoms with Gasteiger partial charge >= 0.3 is 0 Å². The summed E-state index contributed by atoms with van der Waals surface area (Å²) in [5, 5.41) is 13.8. The maximum Gasteiger partial charge on any atom is 0.271 e. The molecule has 3 rings (SSSR count). The molecule has 2 amide bonds. The normalized spacial score (nSPS) is 19.1. The number of nitro benzene ring substituents is 1. The minimum absolute atomic E-state index is 0.135. The second-order valence-corrected chi connectivity index (χ2v) is 7.13. The number of amides is 2. The third-order valence-corrected chi connectivity index (χ3v) is 5.23. The van der Waals surface area contributed by atoms with Crippen LogP contribution in [0.25, 0.3) is 0 Å². The molecule has 1 N–H and O–H groups in total. The molecule has 1 unspecified atom stereocenters. The van der Waals surface area contributed by atoms with Crippen molar-refractivity contribution in [2.75, 3.05) is 31.5 Å². The van der Waals surface area contributed by atoms with Crippen molar-refractivity contribution >= 4 is 34.8 Å². The average Bonchev–Trinajstić information content (AvgIpc) is 3.47. The molecule has 26 heavy (non-hydrogen) atoms. The van der Waals surface area contributed by atoms with Crippen LogP contribution in [0.3, 0.4) is 0 Å². The van der Waals surface area contributed by atoms with Gasteiger partial charge in [-0.25, -0.2) is 0 Å². The fourth-order valence-corrected chi connectivity index (χ4v) is 3.21. The van der Waals surface area contributed by atoms with Crippen LogP contribution in [0.4, 0.5) is 11.4 Å². The third kappa shape index (κ3) is 4.13. The Hall–Kier alpha value is -2.19. The summed E-state index contributed by atoms with van der Waals surface area (Å²) in [5.74, 6) is 0.151. The van der Waals surface area contributed by atoms with Gasteiger partial charge in [0.25, 0.3) is 5.69 Å². The predicted molar refractivity (Wildman–Crippen MR) is 97.1 cm³/mol. The first-order valence-corrected chi connectivity index (χ1v) is 9.02. The molecule has 9 heteroatoms. The molecular weight excluding hydrogens is 360 g/mol. The Morgan fingerprint density at radius 1 is 1.27 bits per heavy atom. The number of halogens is 1. The molecule has 0 bridgehead atoms. The van der Waals surface area contributed by atoms with Gasteiger partial charge in [-0.1, -0.05) is 11.6 Å². The van der Waals surface area contributed by atoms with E-state index in [-0.39, 0.29) is 34.1 Å². The Morgan fingerprint density at radius 2 is 1.92 bits per heavy atom. The van der Waals surface area contributed by atoms with E-state index >= 15 is 0 Å². The van der Waals surface area contributed by atoms with Crippen LogP contribution in [0, 0.1) is 16.0 Å². The van der Waals surface area contributed by atoms with Crippen molar-refractivity contribution in [2.24, 2.45) is 5.92 Å². The first kappa shape index (κ1) is 18.6. The largest absolute Gasteiger partial charge is 0.340 e. The van der Waals surface area contributed by atoms with Crippen LogP contribution in [0.2, 0.25) is 5.02 Å². The molecule has 1 saturated carbocycles. The lowest BCUT2D eigenvalue weighted by Crippen LogP contribution is -2.54. The number of hydrogen-bond acceptors (Lipinski definition) is 5. The molecule has 8 nitrogen and oxygen atoms in total. The molecular formula is C17H21ClN4O4. The number of nitro groups is 1. The maximum absolute atomic E-state index is 12.5. The summed E-state index contributed by atoms with van der Waals surface area (Å²) >= 11 is 6.03. The molecule has 2 fully saturated rings. The first-order valence-electron chi connectivity index (χ1n) is 8.64. The van der Waals surface area contributed by atoms with E-state index in [0.29, 0.717) is 26.2 Å². The number of rotatable bonds is 5. The Balaban J connectivity index is 1.57. The topological polar surface area (TPSA) is 95.8 Å². The highest BCUT2D eigenvalue weighted by molar-refractivity contribution is 6.33. The highest BCUT2D eigenvalue weighted by Gasteiger charge is 2.35. The van der Waals surface area contributed by atoms with Crippen molar-refractivity contribution in [3.05, 3.63) is 33.3 Å². The lowest BCUT2D eigenvalue weighted by Gasteiger charge is -2.37. The highest BCUT2D eigenvalue weighted by Crippen LogP contribution is 2.31. The molecule has 0 aromatic heterocycles. The Labute approximate surface area is 156 Å². The number of nitrogens with zero attached hydrogens (tertiary/aromatic N) is 3. The SMILES string of the molecule is CC(C(=O)Nc1cc([N+](=O)[O-])ccc1Cl)N1CCN(C(=O)C2CC2)CC1. The van der Waals surface area contributed by atoms with Crippen LogP contribution in [0.15, 0.2) is 18.2 Å². The number of non-ortho nitro benzene ring substituents is 1. The van der Waals surface area contributed by atoms with Gasteiger partial charge in [-0.05, 0) is 25.8 Å². The van der Waals surface area contributed by atoms with Gasteiger partial charge in [0.05, 0.1) is 21.7 Å². The van der Waals surface area contributed by atoms with Gasteiger partial charge in [-0.15, -0.1) is 0 Å². The zero-order valence-corrected chi connectivity index (χ0v) is 15.2. The fourth-order valence-electron chi connectivity index (χ4n) is 3.04. The zero-order chi connectivity index (χ0) is 18.8. The third-order valence-electron chi connectivity index (χ3n) is 4.90. The molecule has 1 aromatic carbocycles. The smallest absolute Gasteiger partial charge is 0.271 e. The number of anilines is 1. The van der Waals surface area contributed by atoms with E-state index < -0.39 is 11.0 Å². The van der Waals surface area contributed by atoms with Gasteiger partial charge in [0.1, 0.15) is 0 Å². The number of nitrogens with one attached hydrogen (secondary N) is 1. The molecule has 1 atom stereocenters. The van der Waals surface area contributed by atoms with E-state index in [4.69, 9.17) is 11.6 Å². The van der Waals surface area contributed by atoms with Crippen LogP contribution < -0.4 is 5.32 Å². The van der Waals surface area contributed by atoms with Gasteiger partial charge in [-0.2, -0.15) is 0 Å². The van der Waals surface area contributed by atoms with Gasteiger partial charge in [0.2, 0.25) is 11.8 Å². The van der Waals surface area contributed by atoms with Crippen LogP contribution in [0.1, 0.15) is 19.8 Å². The Kier molecular flexibility index (Phi) is 5.43. The molecule has 2 aliphatic rings. The standard InChI is InChI=1S/C17H21ClN4O4/c1-11(20-6-8-21(9-7-20)17(24)12-2-3-12)16(23)19-15-10-13(22(25)26)4-5-14(15)18/h4-5,10-12H,2-3,6-9H2,1H3,(H,19,23). The van der Waals surface area contributed by atoms with Crippen molar-refractivity contribution in [2.45, 2.75) is 25.8 Å². The fraction of sp³-hybridized carbons (Fsp3) is 0.529. The van der Waals surface area contributed by atoms with E-state index in [9.17, 15) is 19.7 Å². The number of carbonyl (C=O) groups excluding carboxylic acids is 2.